The number of rotatable bonds is 4. The first kappa shape index (κ1) is 17.6. The molecule has 5 aromatic rings. The molecule has 0 atom stereocenters. The molecule has 1 N–H and O–H groups in total. The van der Waals surface area contributed by atoms with Crippen LogP contribution in [0.2, 0.25) is 0 Å². The summed E-state index contributed by atoms with van der Waals surface area (Å²) >= 11 is 0. The summed E-state index contributed by atoms with van der Waals surface area (Å²) < 4.78 is 10.8. The van der Waals surface area contributed by atoms with E-state index in [0.29, 0.717) is 17.2 Å². The van der Waals surface area contributed by atoms with Crippen LogP contribution in [-0.2, 0) is 0 Å². The second kappa shape index (κ2) is 6.85. The van der Waals surface area contributed by atoms with Gasteiger partial charge < -0.3 is 14.2 Å². The van der Waals surface area contributed by atoms with Crippen LogP contribution in [0.4, 0.5) is 11.6 Å². The van der Waals surface area contributed by atoms with Crippen molar-refractivity contribution in [1.82, 2.24) is 4.98 Å². The van der Waals surface area contributed by atoms with E-state index >= 15 is 0 Å². The number of amides is 1. The maximum atomic E-state index is 12.2. The number of nitrogens with zero attached hydrogens (tertiary/aromatic N) is 2. The highest BCUT2D eigenvalue weighted by Gasteiger charge is 2.17. The van der Waals surface area contributed by atoms with Crippen LogP contribution in [0.3, 0.4) is 0 Å². The van der Waals surface area contributed by atoms with Crippen LogP contribution in [0.5, 0.6) is 0 Å². The SMILES string of the molecule is O=C(Nc1ccc(-c2nc3c(ccc4ccccc43)o2)cc1)c1ccc([N+](=O)[O-])o1. The van der Waals surface area contributed by atoms with Crippen LogP contribution >= 0.6 is 0 Å². The lowest BCUT2D eigenvalue weighted by Crippen LogP contribution is -2.10. The first-order valence-electron chi connectivity index (χ1n) is 9.03. The van der Waals surface area contributed by atoms with Crippen LogP contribution in [-0.4, -0.2) is 15.8 Å². The van der Waals surface area contributed by atoms with Crippen LogP contribution < -0.4 is 5.32 Å². The molecule has 30 heavy (non-hydrogen) atoms. The lowest BCUT2D eigenvalue weighted by Gasteiger charge is -2.03. The zero-order chi connectivity index (χ0) is 20.7. The van der Waals surface area contributed by atoms with Crippen molar-refractivity contribution in [2.45, 2.75) is 0 Å². The van der Waals surface area contributed by atoms with Gasteiger partial charge >= 0.3 is 5.88 Å². The second-order valence-electron chi connectivity index (χ2n) is 6.58. The van der Waals surface area contributed by atoms with Gasteiger partial charge in [-0.3, -0.25) is 14.9 Å². The first-order valence-corrected chi connectivity index (χ1v) is 9.03. The molecule has 0 aliphatic heterocycles. The van der Waals surface area contributed by atoms with Crippen molar-refractivity contribution in [2.24, 2.45) is 0 Å². The molecule has 0 saturated heterocycles. The Hall–Kier alpha value is -4.46. The van der Waals surface area contributed by atoms with Crippen molar-refractivity contribution < 1.29 is 18.6 Å². The maximum Gasteiger partial charge on any atom is 0.433 e. The number of hydrogen-bond acceptors (Lipinski definition) is 6. The largest absolute Gasteiger partial charge is 0.436 e. The molecule has 8 nitrogen and oxygen atoms in total. The van der Waals surface area contributed by atoms with Gasteiger partial charge in [-0.2, -0.15) is 0 Å². The van der Waals surface area contributed by atoms with Crippen LogP contribution in [0.1, 0.15) is 10.6 Å². The van der Waals surface area contributed by atoms with Crippen molar-refractivity contribution in [3.05, 3.63) is 88.7 Å². The maximum absolute atomic E-state index is 12.2. The van der Waals surface area contributed by atoms with Gasteiger partial charge in [0.05, 0.1) is 6.07 Å². The number of hydrogen-bond donors (Lipinski definition) is 1. The molecule has 0 spiro atoms. The Bertz CT molecular complexity index is 1420. The number of nitro groups is 1. The third-order valence-electron chi connectivity index (χ3n) is 4.67. The van der Waals surface area contributed by atoms with Crippen molar-refractivity contribution in [3.63, 3.8) is 0 Å². The molecule has 8 heteroatoms. The molecule has 5 rings (SSSR count). The summed E-state index contributed by atoms with van der Waals surface area (Å²) in [7, 11) is 0. The van der Waals surface area contributed by atoms with E-state index in [9.17, 15) is 14.9 Å². The summed E-state index contributed by atoms with van der Waals surface area (Å²) in [5.74, 6) is -0.736. The molecular formula is C22H13N3O5. The molecule has 0 saturated carbocycles. The number of furan rings is 1. The minimum absolute atomic E-state index is 0.142. The lowest BCUT2D eigenvalue weighted by molar-refractivity contribution is -0.402. The average molecular weight is 399 g/mol. The van der Waals surface area contributed by atoms with Crippen molar-refractivity contribution in [2.75, 3.05) is 5.32 Å². The van der Waals surface area contributed by atoms with Crippen molar-refractivity contribution in [3.8, 4) is 11.5 Å². The molecule has 3 aromatic carbocycles. The Balaban J connectivity index is 1.40. The molecule has 1 amide bonds. The zero-order valence-electron chi connectivity index (χ0n) is 15.4. The van der Waals surface area contributed by atoms with Gasteiger partial charge in [0.2, 0.25) is 5.89 Å². The predicted octanol–water partition coefficient (Wildman–Crippen LogP) is 5.40. The Kier molecular flexibility index (Phi) is 4.03. The highest BCUT2D eigenvalue weighted by atomic mass is 16.6. The number of carbonyl (C=O) groups is 1. The van der Waals surface area contributed by atoms with Crippen LogP contribution in [0.25, 0.3) is 33.3 Å². The minimum Gasteiger partial charge on any atom is -0.436 e. The third-order valence-corrected chi connectivity index (χ3v) is 4.67. The van der Waals surface area contributed by atoms with E-state index < -0.39 is 16.7 Å². The van der Waals surface area contributed by atoms with Gasteiger partial charge in [-0.1, -0.05) is 30.3 Å². The quantitative estimate of drug-likeness (QED) is 0.320. The second-order valence-corrected chi connectivity index (χ2v) is 6.58. The highest BCUT2D eigenvalue weighted by molar-refractivity contribution is 6.04. The van der Waals surface area contributed by atoms with Gasteiger partial charge in [-0.25, -0.2) is 4.98 Å². The van der Waals surface area contributed by atoms with E-state index in [2.05, 4.69) is 10.3 Å². The molecule has 2 aromatic heterocycles. The molecule has 0 fully saturated rings. The van der Waals surface area contributed by atoms with Gasteiger partial charge in [-0.15, -0.1) is 0 Å². The smallest absolute Gasteiger partial charge is 0.433 e. The Morgan fingerprint density at radius 1 is 0.933 bits per heavy atom. The monoisotopic (exact) mass is 399 g/mol. The Morgan fingerprint density at radius 2 is 1.73 bits per heavy atom. The average Bonchev–Trinajstić information content (AvgIpc) is 3.42. The fraction of sp³-hybridized carbons (Fsp3) is 0. The van der Waals surface area contributed by atoms with E-state index in [4.69, 9.17) is 8.83 Å². The summed E-state index contributed by atoms with van der Waals surface area (Å²) in [5.41, 5.74) is 2.74. The zero-order valence-corrected chi connectivity index (χ0v) is 15.4. The van der Waals surface area contributed by atoms with E-state index in [0.717, 1.165) is 27.9 Å². The number of oxazole rings is 1. The number of benzene rings is 3. The number of aromatic nitrogens is 1. The van der Waals surface area contributed by atoms with E-state index in [1.165, 1.54) is 6.07 Å². The standard InChI is InChI=1S/C22H13N3O5/c26-21(18-11-12-19(29-18)25(27)28)23-15-8-5-14(6-9-15)22-24-20-16-4-2-1-3-13(16)7-10-17(20)30-22/h1-12H,(H,23,26). The Morgan fingerprint density at radius 3 is 2.50 bits per heavy atom. The van der Waals surface area contributed by atoms with E-state index in [1.54, 1.807) is 24.3 Å². The molecule has 0 unspecified atom stereocenters. The van der Waals surface area contributed by atoms with Gasteiger partial charge in [-0.05, 0) is 41.8 Å². The van der Waals surface area contributed by atoms with Crippen molar-refractivity contribution >= 4 is 39.4 Å². The number of nitrogens with one attached hydrogen (secondary N) is 1. The predicted molar refractivity (Wildman–Crippen MR) is 110 cm³/mol. The molecule has 0 aliphatic carbocycles. The molecule has 0 aliphatic rings. The normalized spacial score (nSPS) is 11.1. The van der Waals surface area contributed by atoms with Gasteiger partial charge in [0.15, 0.2) is 11.3 Å². The third kappa shape index (κ3) is 3.06. The highest BCUT2D eigenvalue weighted by Crippen LogP contribution is 2.30. The number of fused-ring (bicyclic) bond motifs is 3. The van der Waals surface area contributed by atoms with Crippen LogP contribution in [0.15, 0.2) is 81.6 Å². The topological polar surface area (TPSA) is 111 Å². The molecule has 2 heterocycles. The summed E-state index contributed by atoms with van der Waals surface area (Å²) in [6.45, 7) is 0. The summed E-state index contributed by atoms with van der Waals surface area (Å²) in [6.07, 6.45) is 0. The lowest BCUT2D eigenvalue weighted by atomic mass is 10.1. The number of anilines is 1. The van der Waals surface area contributed by atoms with Gasteiger partial charge in [0, 0.05) is 16.6 Å². The van der Waals surface area contributed by atoms with Gasteiger partial charge in [0.25, 0.3) is 5.91 Å². The molecule has 0 radical (unpaired) electrons. The molecular weight excluding hydrogens is 386 g/mol. The molecule has 146 valence electrons. The van der Waals surface area contributed by atoms with Crippen LogP contribution in [0, 0.1) is 10.1 Å². The minimum atomic E-state index is -0.699. The number of carbonyl (C=O) groups excluding carboxylic acids is 1. The fourth-order valence-corrected chi connectivity index (χ4v) is 3.22. The Labute approximate surface area is 168 Å². The summed E-state index contributed by atoms with van der Waals surface area (Å²) in [4.78, 5) is 26.8. The molecule has 0 bridgehead atoms. The summed E-state index contributed by atoms with van der Waals surface area (Å²) in [5, 5.41) is 15.4. The van der Waals surface area contributed by atoms with E-state index in [-0.39, 0.29) is 5.76 Å². The summed E-state index contributed by atoms with van der Waals surface area (Å²) in [6, 6.07) is 21.2. The van der Waals surface area contributed by atoms with E-state index in [1.807, 2.05) is 36.4 Å². The van der Waals surface area contributed by atoms with Gasteiger partial charge in [0.1, 0.15) is 10.4 Å². The van der Waals surface area contributed by atoms with Crippen molar-refractivity contribution in [1.29, 1.82) is 0 Å². The fourth-order valence-electron chi connectivity index (χ4n) is 3.22. The first-order chi connectivity index (χ1) is 14.6.